The zero-order valence-electron chi connectivity index (χ0n) is 16.3. The lowest BCUT2D eigenvalue weighted by molar-refractivity contribution is 0.243. The second-order valence-electron chi connectivity index (χ2n) is 7.83. The zero-order valence-corrected chi connectivity index (χ0v) is 18.6. The normalized spacial score (nSPS) is 20.5. The largest absolute Gasteiger partial charge is 0.484 e. The van der Waals surface area contributed by atoms with Crippen molar-refractivity contribution >= 4 is 43.9 Å². The van der Waals surface area contributed by atoms with Gasteiger partial charge in [-0.1, -0.05) is 72.6 Å². The number of halogens is 2. The molecule has 146 valence electrons. The van der Waals surface area contributed by atoms with Gasteiger partial charge in [0.15, 0.2) is 0 Å². The number of hydrogen-bond donors (Lipinski definition) is 0. The number of fused-ring (bicyclic) bond motifs is 4. The third-order valence-corrected chi connectivity index (χ3v) is 7.48. The summed E-state index contributed by atoms with van der Waals surface area (Å²) in [7, 11) is 0. The summed E-state index contributed by atoms with van der Waals surface area (Å²) in [6, 6.07) is 19.1. The molecular formula is C26H22BrClO. The fraction of sp³-hybridized carbons (Fsp3) is 0.231. The van der Waals surface area contributed by atoms with Crippen molar-refractivity contribution in [1.29, 1.82) is 0 Å². The summed E-state index contributed by atoms with van der Waals surface area (Å²) in [5.74, 6) is 1.28. The van der Waals surface area contributed by atoms with E-state index >= 15 is 0 Å². The van der Waals surface area contributed by atoms with Crippen LogP contribution in [-0.4, -0.2) is 6.10 Å². The van der Waals surface area contributed by atoms with E-state index in [1.807, 2.05) is 18.2 Å². The van der Waals surface area contributed by atoms with Crippen molar-refractivity contribution in [3.8, 4) is 5.75 Å². The third-order valence-electron chi connectivity index (χ3n) is 6.21. The molecule has 2 aliphatic carbocycles. The standard InChI is InChI=1S/C26H22BrClO/c1-2-16-14-23-19-7-4-3-6-17(19)10-12-21(23)20-13-11-18(15-22(16)20)29-25-9-5-8-24(27)26(25)28/h3-13,16,18H,2,14-15H2,1H3. The Morgan fingerprint density at radius 2 is 1.90 bits per heavy atom. The van der Waals surface area contributed by atoms with Crippen LogP contribution in [-0.2, 0) is 6.42 Å². The molecule has 1 nitrogen and oxygen atoms in total. The minimum atomic E-state index is 0.0107. The van der Waals surface area contributed by atoms with E-state index in [2.05, 4.69) is 71.4 Å². The van der Waals surface area contributed by atoms with Crippen LogP contribution in [0, 0.1) is 5.92 Å². The molecular weight excluding hydrogens is 444 g/mol. The first-order chi connectivity index (χ1) is 14.2. The molecule has 0 aliphatic heterocycles. The van der Waals surface area contributed by atoms with Gasteiger partial charge in [-0.15, -0.1) is 0 Å². The van der Waals surface area contributed by atoms with Gasteiger partial charge in [-0.25, -0.2) is 0 Å². The molecule has 0 saturated carbocycles. The fourth-order valence-corrected chi connectivity index (χ4v) is 5.26. The van der Waals surface area contributed by atoms with Crippen LogP contribution < -0.4 is 4.74 Å². The fourth-order valence-electron chi connectivity index (χ4n) is 4.74. The number of benzene rings is 3. The first kappa shape index (κ1) is 19.0. The van der Waals surface area contributed by atoms with Gasteiger partial charge in [-0.05, 0) is 80.4 Å². The average molecular weight is 466 g/mol. The molecule has 0 heterocycles. The highest BCUT2D eigenvalue weighted by molar-refractivity contribution is 9.10. The van der Waals surface area contributed by atoms with Crippen LogP contribution in [0.5, 0.6) is 5.75 Å². The molecule has 0 amide bonds. The number of ether oxygens (including phenoxy) is 1. The van der Waals surface area contributed by atoms with Gasteiger partial charge in [0.2, 0.25) is 0 Å². The van der Waals surface area contributed by atoms with E-state index in [4.69, 9.17) is 16.3 Å². The van der Waals surface area contributed by atoms with Crippen molar-refractivity contribution in [3.63, 3.8) is 0 Å². The highest BCUT2D eigenvalue weighted by atomic mass is 79.9. The Hall–Kier alpha value is -2.03. The van der Waals surface area contributed by atoms with Gasteiger partial charge in [0.1, 0.15) is 11.9 Å². The van der Waals surface area contributed by atoms with Gasteiger partial charge in [-0.3, -0.25) is 0 Å². The first-order valence-electron chi connectivity index (χ1n) is 10.2. The van der Waals surface area contributed by atoms with Gasteiger partial charge in [0.25, 0.3) is 0 Å². The van der Waals surface area contributed by atoms with E-state index in [0.29, 0.717) is 10.9 Å². The Labute approximate surface area is 185 Å². The molecule has 29 heavy (non-hydrogen) atoms. The monoisotopic (exact) mass is 464 g/mol. The second-order valence-corrected chi connectivity index (χ2v) is 9.06. The maximum Gasteiger partial charge on any atom is 0.139 e. The molecule has 3 aromatic rings. The minimum absolute atomic E-state index is 0.0107. The van der Waals surface area contributed by atoms with Crippen LogP contribution in [0.3, 0.4) is 0 Å². The lowest BCUT2D eigenvalue weighted by Crippen LogP contribution is -2.25. The number of hydrogen-bond acceptors (Lipinski definition) is 1. The van der Waals surface area contributed by atoms with Crippen molar-refractivity contribution < 1.29 is 4.74 Å². The first-order valence-corrected chi connectivity index (χ1v) is 11.4. The minimum Gasteiger partial charge on any atom is -0.484 e. The van der Waals surface area contributed by atoms with Crippen LogP contribution in [0.1, 0.15) is 30.9 Å². The van der Waals surface area contributed by atoms with Gasteiger partial charge in [0.05, 0.1) is 5.02 Å². The summed E-state index contributed by atoms with van der Waals surface area (Å²) in [5.41, 5.74) is 5.80. The van der Waals surface area contributed by atoms with Crippen LogP contribution in [0.4, 0.5) is 0 Å². The quantitative estimate of drug-likeness (QED) is 0.381. The zero-order chi connectivity index (χ0) is 20.0. The molecule has 0 fully saturated rings. The smallest absolute Gasteiger partial charge is 0.139 e. The summed E-state index contributed by atoms with van der Waals surface area (Å²) in [6.07, 6.45) is 7.62. The highest BCUT2D eigenvalue weighted by Gasteiger charge is 2.30. The molecule has 5 rings (SSSR count). The lowest BCUT2D eigenvalue weighted by atomic mass is 9.72. The molecule has 0 bridgehead atoms. The number of rotatable bonds is 3. The van der Waals surface area contributed by atoms with Crippen molar-refractivity contribution in [2.75, 3.05) is 0 Å². The molecule has 0 saturated heterocycles. The van der Waals surface area contributed by atoms with Crippen LogP contribution >= 0.6 is 27.5 Å². The molecule has 3 heteroatoms. The molecule has 2 unspecified atom stereocenters. The predicted molar refractivity (Wildman–Crippen MR) is 126 cm³/mol. The summed E-state index contributed by atoms with van der Waals surface area (Å²) in [4.78, 5) is 0. The summed E-state index contributed by atoms with van der Waals surface area (Å²) < 4.78 is 7.15. The Morgan fingerprint density at radius 3 is 2.76 bits per heavy atom. The third kappa shape index (κ3) is 3.33. The molecule has 0 aromatic heterocycles. The molecule has 2 atom stereocenters. The van der Waals surface area contributed by atoms with E-state index in [1.165, 1.54) is 33.0 Å². The maximum absolute atomic E-state index is 6.42. The maximum atomic E-state index is 6.42. The average Bonchev–Trinajstić information content (AvgIpc) is 2.76. The summed E-state index contributed by atoms with van der Waals surface area (Å²) in [5, 5.41) is 3.35. The van der Waals surface area contributed by atoms with Gasteiger partial charge < -0.3 is 4.74 Å². The highest BCUT2D eigenvalue weighted by Crippen LogP contribution is 2.44. The Kier molecular flexibility index (Phi) is 5.01. The Balaban J connectivity index is 1.52. The van der Waals surface area contributed by atoms with Gasteiger partial charge >= 0.3 is 0 Å². The second kappa shape index (κ2) is 7.66. The SMILES string of the molecule is CCC1Cc2c(ccc3ccccc23)C2=C1CC(Oc1cccc(Br)c1Cl)C=C2. The van der Waals surface area contributed by atoms with Crippen LogP contribution in [0.2, 0.25) is 5.02 Å². The van der Waals surface area contributed by atoms with Crippen molar-refractivity contribution in [2.24, 2.45) is 5.92 Å². The van der Waals surface area contributed by atoms with Crippen LogP contribution in [0.15, 0.2) is 76.8 Å². The Morgan fingerprint density at radius 1 is 1.03 bits per heavy atom. The van der Waals surface area contributed by atoms with Crippen molar-refractivity contribution in [3.05, 3.63) is 92.9 Å². The number of allylic oxidation sites excluding steroid dienone is 2. The van der Waals surface area contributed by atoms with Crippen LogP contribution in [0.25, 0.3) is 16.3 Å². The van der Waals surface area contributed by atoms with E-state index in [1.54, 1.807) is 0 Å². The topological polar surface area (TPSA) is 9.23 Å². The summed E-state index contributed by atoms with van der Waals surface area (Å²) in [6.45, 7) is 2.30. The lowest BCUT2D eigenvalue weighted by Gasteiger charge is -2.34. The van der Waals surface area contributed by atoms with Crippen molar-refractivity contribution in [2.45, 2.75) is 32.3 Å². The van der Waals surface area contributed by atoms with Gasteiger partial charge in [0, 0.05) is 10.9 Å². The summed E-state index contributed by atoms with van der Waals surface area (Å²) >= 11 is 9.91. The van der Waals surface area contributed by atoms with E-state index in [0.717, 1.165) is 29.5 Å². The molecule has 0 N–H and O–H groups in total. The molecule has 2 aliphatic rings. The predicted octanol–water partition coefficient (Wildman–Crippen LogP) is 8.00. The van der Waals surface area contributed by atoms with Crippen molar-refractivity contribution in [1.82, 2.24) is 0 Å². The Bertz CT molecular complexity index is 1160. The van der Waals surface area contributed by atoms with E-state index in [9.17, 15) is 0 Å². The molecule has 3 aromatic carbocycles. The molecule has 0 radical (unpaired) electrons. The van der Waals surface area contributed by atoms with E-state index in [-0.39, 0.29) is 6.10 Å². The van der Waals surface area contributed by atoms with Gasteiger partial charge in [-0.2, -0.15) is 0 Å². The molecule has 0 spiro atoms. The van der Waals surface area contributed by atoms with E-state index < -0.39 is 0 Å².